The van der Waals surface area contributed by atoms with Crippen LogP contribution >= 0.6 is 21.6 Å². The van der Waals surface area contributed by atoms with Gasteiger partial charge in [-0.15, -0.1) is 0 Å². The average Bonchev–Trinajstić information content (AvgIpc) is 3.56. The predicted molar refractivity (Wildman–Crippen MR) is 193 cm³/mol. The van der Waals surface area contributed by atoms with Crippen LogP contribution in [-0.4, -0.2) is 44.5 Å². The van der Waals surface area contributed by atoms with E-state index in [2.05, 4.69) is 4.98 Å². The summed E-state index contributed by atoms with van der Waals surface area (Å²) < 4.78 is 20.4. The molecule has 1 aliphatic heterocycles. The third-order valence-corrected chi connectivity index (χ3v) is 11.5. The first-order valence-electron chi connectivity index (χ1n) is 15.7. The van der Waals surface area contributed by atoms with E-state index in [-0.39, 0.29) is 17.9 Å². The maximum atomic E-state index is 12.9. The molecule has 1 aromatic heterocycles. The number of H-pyrrole nitrogens is 1. The molecule has 6 rings (SSSR count). The summed E-state index contributed by atoms with van der Waals surface area (Å²) >= 11 is 0. The molecular weight excluding hydrogens is 697 g/mol. The molecule has 3 atom stereocenters. The van der Waals surface area contributed by atoms with Gasteiger partial charge in [0.05, 0.1) is 40.6 Å². The molecule has 262 valence electrons. The van der Waals surface area contributed by atoms with Crippen LogP contribution < -0.4 is 16.0 Å². The Morgan fingerprint density at radius 2 is 1.53 bits per heavy atom. The van der Waals surface area contributed by atoms with Gasteiger partial charge in [0.25, 0.3) is 16.9 Å². The minimum absolute atomic E-state index is 0.0178. The molecule has 5 aromatic rings. The van der Waals surface area contributed by atoms with Gasteiger partial charge in [-0.3, -0.25) is 34.6 Å². The molecule has 0 saturated carbocycles. The second-order valence-corrected chi connectivity index (χ2v) is 14.2. The van der Waals surface area contributed by atoms with Gasteiger partial charge >= 0.3 is 5.69 Å². The summed E-state index contributed by atoms with van der Waals surface area (Å²) in [6.07, 6.45) is 0.273. The SMILES string of the molecule is COc1ccc(C(OC[C@H]2O[C@@H](n3cc(C)c(=O)[nH]c3=O)C[C@H]2SSc2ccc([N+](=O)[O-])cc2[N+](=O)[O-])(c2ccccc2)c2ccccc2)cc1. The number of nitro benzene ring substituents is 2. The third kappa shape index (κ3) is 7.46. The van der Waals surface area contributed by atoms with Crippen LogP contribution in [0.3, 0.4) is 0 Å². The van der Waals surface area contributed by atoms with E-state index < -0.39 is 55.7 Å². The summed E-state index contributed by atoms with van der Waals surface area (Å²) in [6, 6.07) is 30.6. The fraction of sp³-hybridized carbons (Fsp3) is 0.222. The van der Waals surface area contributed by atoms with Crippen molar-refractivity contribution in [2.45, 2.75) is 41.4 Å². The molecule has 1 aliphatic rings. The first-order valence-corrected chi connectivity index (χ1v) is 17.9. The smallest absolute Gasteiger partial charge is 0.330 e. The minimum atomic E-state index is -1.12. The fourth-order valence-corrected chi connectivity index (χ4v) is 8.79. The van der Waals surface area contributed by atoms with Gasteiger partial charge in [0.1, 0.15) is 17.6 Å². The lowest BCUT2D eigenvalue weighted by atomic mass is 9.80. The molecule has 1 fully saturated rings. The van der Waals surface area contributed by atoms with Gasteiger partial charge in [0, 0.05) is 29.5 Å². The van der Waals surface area contributed by atoms with Gasteiger partial charge in [-0.2, -0.15) is 0 Å². The highest BCUT2D eigenvalue weighted by Crippen LogP contribution is 2.48. The predicted octanol–water partition coefficient (Wildman–Crippen LogP) is 6.78. The van der Waals surface area contributed by atoms with E-state index in [0.717, 1.165) is 33.6 Å². The molecule has 15 heteroatoms. The van der Waals surface area contributed by atoms with Crippen LogP contribution in [-0.2, 0) is 15.1 Å². The number of methoxy groups -OCH3 is 1. The van der Waals surface area contributed by atoms with Crippen LogP contribution in [0, 0.1) is 27.2 Å². The maximum absolute atomic E-state index is 12.9. The molecule has 0 radical (unpaired) electrons. The Hall–Kier alpha value is -5.22. The first kappa shape index (κ1) is 35.6. The highest BCUT2D eigenvalue weighted by atomic mass is 33.1. The Morgan fingerprint density at radius 3 is 2.12 bits per heavy atom. The molecule has 0 amide bonds. The number of nitrogens with zero attached hydrogens (tertiary/aromatic N) is 3. The summed E-state index contributed by atoms with van der Waals surface area (Å²) in [4.78, 5) is 49.5. The summed E-state index contributed by atoms with van der Waals surface area (Å²) in [6.45, 7) is 1.60. The van der Waals surface area contributed by atoms with Gasteiger partial charge in [-0.25, -0.2) is 4.79 Å². The van der Waals surface area contributed by atoms with Crippen molar-refractivity contribution < 1.29 is 24.1 Å². The number of benzene rings is 4. The molecule has 0 spiro atoms. The lowest BCUT2D eigenvalue weighted by Gasteiger charge is -2.37. The number of nitro groups is 2. The summed E-state index contributed by atoms with van der Waals surface area (Å²) in [7, 11) is 3.96. The van der Waals surface area contributed by atoms with Gasteiger partial charge in [-0.1, -0.05) is 94.4 Å². The van der Waals surface area contributed by atoms with Crippen molar-refractivity contribution in [3.8, 4) is 5.75 Å². The van der Waals surface area contributed by atoms with Gasteiger partial charge in [0.15, 0.2) is 0 Å². The van der Waals surface area contributed by atoms with E-state index >= 15 is 0 Å². The monoisotopic (exact) mass is 728 g/mol. The van der Waals surface area contributed by atoms with Crippen LogP contribution in [0.5, 0.6) is 5.75 Å². The summed E-state index contributed by atoms with van der Waals surface area (Å²) in [5.41, 5.74) is -0.210. The number of aromatic amines is 1. The second kappa shape index (κ2) is 15.3. The topological polar surface area (TPSA) is 169 Å². The number of nitrogens with one attached hydrogen (secondary N) is 1. The van der Waals surface area contributed by atoms with Gasteiger partial charge in [0.2, 0.25) is 0 Å². The quantitative estimate of drug-likeness (QED) is 0.0587. The molecule has 1 saturated heterocycles. The molecule has 0 aliphatic carbocycles. The highest BCUT2D eigenvalue weighted by molar-refractivity contribution is 8.77. The Bertz CT molecular complexity index is 2110. The van der Waals surface area contributed by atoms with Crippen molar-refractivity contribution in [1.82, 2.24) is 9.55 Å². The Labute approximate surface area is 299 Å². The molecule has 0 bridgehead atoms. The molecular formula is C36H32N4O9S2. The molecule has 2 heterocycles. The standard InChI is InChI=1S/C36H32N4O9S2/c1-23-21-38(35(42)37-34(23)41)33-20-32(51-50-31-18-15-27(39(43)44)19-29(31)40(45)46)30(49-33)22-48-36(24-9-5-3-6-10-24,25-11-7-4-8-12-25)26-13-16-28(47-2)17-14-26/h3-19,21,30,32-33H,20,22H2,1-2H3,(H,37,41,42)/t30-,32-,33-/m1/s1. The average molecular weight is 729 g/mol. The number of aryl methyl sites for hydroxylation is 1. The molecule has 1 N–H and O–H groups in total. The van der Waals surface area contributed by atoms with Crippen molar-refractivity contribution in [3.05, 3.63) is 173 Å². The third-order valence-electron chi connectivity index (χ3n) is 8.57. The minimum Gasteiger partial charge on any atom is -0.497 e. The highest BCUT2D eigenvalue weighted by Gasteiger charge is 2.43. The van der Waals surface area contributed by atoms with Crippen LogP contribution in [0.15, 0.2) is 124 Å². The second-order valence-electron chi connectivity index (χ2n) is 11.7. The Kier molecular flexibility index (Phi) is 10.7. The van der Waals surface area contributed by atoms with Crippen molar-refractivity contribution in [2.75, 3.05) is 13.7 Å². The van der Waals surface area contributed by atoms with Crippen molar-refractivity contribution in [2.24, 2.45) is 0 Å². The number of hydrogen-bond acceptors (Lipinski definition) is 11. The first-order chi connectivity index (χ1) is 24.6. The Morgan fingerprint density at radius 1 is 0.902 bits per heavy atom. The van der Waals surface area contributed by atoms with Crippen LogP contribution in [0.25, 0.3) is 0 Å². The summed E-state index contributed by atoms with van der Waals surface area (Å²) in [5, 5.41) is 22.8. The maximum Gasteiger partial charge on any atom is 0.330 e. The molecule has 51 heavy (non-hydrogen) atoms. The van der Waals surface area contributed by atoms with E-state index in [1.807, 2.05) is 84.9 Å². The molecule has 13 nitrogen and oxygen atoms in total. The van der Waals surface area contributed by atoms with E-state index in [1.165, 1.54) is 33.7 Å². The largest absolute Gasteiger partial charge is 0.497 e. The van der Waals surface area contributed by atoms with Crippen LogP contribution in [0.1, 0.15) is 34.9 Å². The van der Waals surface area contributed by atoms with Crippen molar-refractivity contribution in [3.63, 3.8) is 0 Å². The zero-order valence-corrected chi connectivity index (χ0v) is 29.0. The summed E-state index contributed by atoms with van der Waals surface area (Å²) in [5.74, 6) is 0.672. The number of non-ortho nitro benzene ring substituents is 1. The number of hydrogen-bond donors (Lipinski definition) is 1. The van der Waals surface area contributed by atoms with E-state index in [4.69, 9.17) is 14.2 Å². The Balaban J connectivity index is 1.39. The number of aromatic nitrogens is 2. The number of ether oxygens (including phenoxy) is 3. The van der Waals surface area contributed by atoms with E-state index in [1.54, 1.807) is 14.0 Å². The van der Waals surface area contributed by atoms with Crippen LogP contribution in [0.2, 0.25) is 0 Å². The molecule has 4 aromatic carbocycles. The zero-order valence-electron chi connectivity index (χ0n) is 27.4. The van der Waals surface area contributed by atoms with Gasteiger partial charge < -0.3 is 14.2 Å². The molecule has 0 unspecified atom stereocenters. The normalized spacial score (nSPS) is 17.3. The van der Waals surface area contributed by atoms with E-state index in [0.29, 0.717) is 11.3 Å². The number of rotatable bonds is 13. The zero-order chi connectivity index (χ0) is 36.1. The lowest BCUT2D eigenvalue weighted by molar-refractivity contribution is -0.396. The fourth-order valence-electron chi connectivity index (χ4n) is 6.00. The van der Waals surface area contributed by atoms with Gasteiger partial charge in [-0.05, 0) is 41.8 Å². The van der Waals surface area contributed by atoms with Crippen molar-refractivity contribution in [1.29, 1.82) is 0 Å². The van der Waals surface area contributed by atoms with E-state index in [9.17, 15) is 29.8 Å². The van der Waals surface area contributed by atoms with Crippen LogP contribution in [0.4, 0.5) is 11.4 Å². The lowest BCUT2D eigenvalue weighted by Crippen LogP contribution is -2.37. The van der Waals surface area contributed by atoms with Crippen molar-refractivity contribution >= 4 is 33.0 Å².